The fourth-order valence-electron chi connectivity index (χ4n) is 5.48. The molecule has 0 aliphatic heterocycles. The van der Waals surface area contributed by atoms with E-state index in [-0.39, 0.29) is 10.9 Å². The van der Waals surface area contributed by atoms with Gasteiger partial charge < -0.3 is 8.98 Å². The van der Waals surface area contributed by atoms with E-state index in [1.807, 2.05) is 36.4 Å². The average Bonchev–Trinajstić information content (AvgIpc) is 3.27. The lowest BCUT2D eigenvalue weighted by Gasteiger charge is -2.10. The summed E-state index contributed by atoms with van der Waals surface area (Å²) in [4.78, 5) is 26.9. The number of fused-ring (bicyclic) bond motifs is 7. The Labute approximate surface area is 213 Å². The standard InChI is InChI=1S/C32H17NO3S/c34-31-21-9-3-6-12-27(21)36-28-16-24-30(17-22(28)31)37-29-14-13-18(15-23(29)32(24)35)33-25-10-4-1-7-19(25)20-8-2-5-11-26(20)33/h1-17H. The molecular formula is C32H17NO3S. The third kappa shape index (κ3) is 2.83. The van der Waals surface area contributed by atoms with Gasteiger partial charge in [-0.05, 0) is 54.6 Å². The molecular weight excluding hydrogens is 478 g/mol. The molecule has 174 valence electrons. The van der Waals surface area contributed by atoms with E-state index in [1.165, 1.54) is 22.1 Å². The van der Waals surface area contributed by atoms with Gasteiger partial charge in [0.2, 0.25) is 5.43 Å². The number of aromatic nitrogens is 1. The molecule has 0 N–H and O–H groups in total. The first-order valence-corrected chi connectivity index (χ1v) is 12.8. The van der Waals surface area contributed by atoms with Crippen LogP contribution in [0, 0.1) is 0 Å². The minimum Gasteiger partial charge on any atom is -0.456 e. The molecule has 5 heteroatoms. The van der Waals surface area contributed by atoms with Crippen molar-refractivity contribution in [1.82, 2.24) is 4.57 Å². The summed E-state index contributed by atoms with van der Waals surface area (Å²) >= 11 is 1.52. The molecule has 37 heavy (non-hydrogen) atoms. The molecule has 5 aromatic carbocycles. The summed E-state index contributed by atoms with van der Waals surface area (Å²) in [5.41, 5.74) is 3.93. The SMILES string of the molecule is O=c1c2ccccc2oc2cc3c(=O)c4cc(-n5c6ccccc6c6ccccc65)ccc4sc3cc12. The molecule has 8 aromatic rings. The van der Waals surface area contributed by atoms with Gasteiger partial charge in [-0.1, -0.05) is 48.5 Å². The molecule has 3 heterocycles. The van der Waals surface area contributed by atoms with E-state index < -0.39 is 0 Å². The Bertz CT molecular complexity index is 2300. The van der Waals surface area contributed by atoms with Crippen molar-refractivity contribution in [3.8, 4) is 5.69 Å². The summed E-state index contributed by atoms with van der Waals surface area (Å²) in [5, 5.41) is 4.59. The first kappa shape index (κ1) is 20.5. The number of rotatable bonds is 1. The van der Waals surface area contributed by atoms with Gasteiger partial charge in [0.25, 0.3) is 0 Å². The van der Waals surface area contributed by atoms with Crippen molar-refractivity contribution >= 4 is 75.3 Å². The van der Waals surface area contributed by atoms with Crippen molar-refractivity contribution in [1.29, 1.82) is 0 Å². The average molecular weight is 496 g/mol. The highest BCUT2D eigenvalue weighted by Gasteiger charge is 2.15. The first-order chi connectivity index (χ1) is 18.2. The Morgan fingerprint density at radius 1 is 0.514 bits per heavy atom. The quantitative estimate of drug-likeness (QED) is 0.219. The van der Waals surface area contributed by atoms with Gasteiger partial charge in [-0.2, -0.15) is 0 Å². The summed E-state index contributed by atoms with van der Waals surface area (Å²) < 4.78 is 9.91. The molecule has 0 spiro atoms. The molecule has 0 aliphatic carbocycles. The van der Waals surface area contributed by atoms with Crippen LogP contribution in [0.1, 0.15) is 0 Å². The molecule has 0 fully saturated rings. The number of hydrogen-bond donors (Lipinski definition) is 0. The van der Waals surface area contributed by atoms with E-state index in [0.29, 0.717) is 32.7 Å². The van der Waals surface area contributed by atoms with Gasteiger partial charge in [0.05, 0.1) is 21.8 Å². The van der Waals surface area contributed by atoms with Crippen LogP contribution in [-0.4, -0.2) is 4.57 Å². The van der Waals surface area contributed by atoms with Crippen molar-refractivity contribution in [2.45, 2.75) is 0 Å². The van der Waals surface area contributed by atoms with Gasteiger partial charge in [0.15, 0.2) is 5.43 Å². The van der Waals surface area contributed by atoms with E-state index in [1.54, 1.807) is 24.3 Å². The smallest absolute Gasteiger partial charge is 0.200 e. The van der Waals surface area contributed by atoms with Crippen LogP contribution < -0.4 is 10.9 Å². The fourth-order valence-corrected chi connectivity index (χ4v) is 6.55. The Morgan fingerprint density at radius 2 is 1.14 bits per heavy atom. The van der Waals surface area contributed by atoms with E-state index in [9.17, 15) is 9.59 Å². The minimum atomic E-state index is -0.0831. The van der Waals surface area contributed by atoms with Gasteiger partial charge in [-0.3, -0.25) is 9.59 Å². The number of hydrogen-bond acceptors (Lipinski definition) is 4. The van der Waals surface area contributed by atoms with E-state index >= 15 is 0 Å². The highest BCUT2D eigenvalue weighted by molar-refractivity contribution is 7.24. The van der Waals surface area contributed by atoms with Crippen molar-refractivity contribution in [3.05, 3.63) is 124 Å². The molecule has 0 unspecified atom stereocenters. The molecule has 0 aliphatic rings. The van der Waals surface area contributed by atoms with Crippen LogP contribution in [0.2, 0.25) is 0 Å². The second kappa shape index (κ2) is 7.38. The summed E-state index contributed by atoms with van der Waals surface area (Å²) in [6, 6.07) is 33.4. The molecule has 0 saturated heterocycles. The highest BCUT2D eigenvalue weighted by atomic mass is 32.1. The first-order valence-electron chi connectivity index (χ1n) is 12.0. The summed E-state index contributed by atoms with van der Waals surface area (Å²) in [6.07, 6.45) is 0. The van der Waals surface area contributed by atoms with Crippen LogP contribution in [0.4, 0.5) is 0 Å². The summed E-state index contributed by atoms with van der Waals surface area (Å²) in [7, 11) is 0. The van der Waals surface area contributed by atoms with E-state index in [2.05, 4.69) is 47.0 Å². The monoisotopic (exact) mass is 495 g/mol. The van der Waals surface area contributed by atoms with Crippen LogP contribution in [-0.2, 0) is 0 Å². The third-order valence-electron chi connectivity index (χ3n) is 7.19. The second-order valence-corrected chi connectivity index (χ2v) is 10.3. The maximum Gasteiger partial charge on any atom is 0.200 e. The maximum atomic E-state index is 13.8. The van der Waals surface area contributed by atoms with Crippen molar-refractivity contribution in [3.63, 3.8) is 0 Å². The second-order valence-electron chi connectivity index (χ2n) is 9.25. The predicted molar refractivity (Wildman–Crippen MR) is 153 cm³/mol. The van der Waals surface area contributed by atoms with Crippen molar-refractivity contribution in [2.24, 2.45) is 0 Å². The van der Waals surface area contributed by atoms with Crippen LogP contribution in [0.3, 0.4) is 0 Å². The number of benzene rings is 5. The van der Waals surface area contributed by atoms with Crippen LogP contribution in [0.5, 0.6) is 0 Å². The van der Waals surface area contributed by atoms with Gasteiger partial charge in [0, 0.05) is 36.6 Å². The third-order valence-corrected chi connectivity index (χ3v) is 8.32. The molecule has 4 nitrogen and oxygen atoms in total. The number of nitrogens with zero attached hydrogens (tertiary/aromatic N) is 1. The lowest BCUT2D eigenvalue weighted by Crippen LogP contribution is -2.05. The molecule has 0 atom stereocenters. The van der Waals surface area contributed by atoms with Crippen molar-refractivity contribution in [2.75, 3.05) is 0 Å². The largest absolute Gasteiger partial charge is 0.456 e. The molecule has 0 amide bonds. The minimum absolute atomic E-state index is 0.0657. The zero-order chi connectivity index (χ0) is 24.7. The Morgan fingerprint density at radius 3 is 1.89 bits per heavy atom. The zero-order valence-corrected chi connectivity index (χ0v) is 20.2. The van der Waals surface area contributed by atoms with Crippen LogP contribution in [0.25, 0.3) is 69.6 Å². The lowest BCUT2D eigenvalue weighted by atomic mass is 10.1. The molecule has 0 saturated carbocycles. The molecule has 0 bridgehead atoms. The Hall–Kier alpha value is -4.74. The predicted octanol–water partition coefficient (Wildman–Crippen LogP) is 7.77. The van der Waals surface area contributed by atoms with Crippen LogP contribution in [0.15, 0.2) is 117 Å². The Kier molecular flexibility index (Phi) is 4.08. The topological polar surface area (TPSA) is 52.2 Å². The van der Waals surface area contributed by atoms with E-state index in [4.69, 9.17) is 4.42 Å². The zero-order valence-electron chi connectivity index (χ0n) is 19.4. The fraction of sp³-hybridized carbons (Fsp3) is 0. The highest BCUT2D eigenvalue weighted by Crippen LogP contribution is 2.34. The van der Waals surface area contributed by atoms with Gasteiger partial charge in [-0.15, -0.1) is 11.3 Å². The molecule has 3 aromatic heterocycles. The van der Waals surface area contributed by atoms with Crippen LogP contribution >= 0.6 is 11.3 Å². The van der Waals surface area contributed by atoms with Crippen molar-refractivity contribution < 1.29 is 4.42 Å². The lowest BCUT2D eigenvalue weighted by molar-refractivity contribution is 0.660. The Balaban J connectivity index is 1.44. The number of para-hydroxylation sites is 3. The molecule has 8 rings (SSSR count). The normalized spacial score (nSPS) is 12.0. The van der Waals surface area contributed by atoms with E-state index in [0.717, 1.165) is 26.1 Å². The van der Waals surface area contributed by atoms with Gasteiger partial charge >= 0.3 is 0 Å². The van der Waals surface area contributed by atoms with Gasteiger partial charge in [0.1, 0.15) is 11.2 Å². The maximum absolute atomic E-state index is 13.8. The summed E-state index contributed by atoms with van der Waals surface area (Å²) in [6.45, 7) is 0. The molecule has 0 radical (unpaired) electrons. The summed E-state index contributed by atoms with van der Waals surface area (Å²) in [5.74, 6) is 0. The van der Waals surface area contributed by atoms with Gasteiger partial charge in [-0.25, -0.2) is 0 Å².